The van der Waals surface area contributed by atoms with Gasteiger partial charge in [0.15, 0.2) is 0 Å². The normalized spacial score (nSPS) is 15.7. The number of rotatable bonds is 6. The van der Waals surface area contributed by atoms with E-state index in [1.165, 1.54) is 5.56 Å². The van der Waals surface area contributed by atoms with Gasteiger partial charge >= 0.3 is 0 Å². The van der Waals surface area contributed by atoms with E-state index >= 15 is 0 Å². The molecule has 1 fully saturated rings. The van der Waals surface area contributed by atoms with E-state index in [0.717, 1.165) is 19.6 Å². The number of nitrogens with one attached hydrogen (secondary N) is 1. The first-order valence-electron chi connectivity index (χ1n) is 8.35. The molecule has 0 unspecified atom stereocenters. The van der Waals surface area contributed by atoms with Crippen LogP contribution in [0.15, 0.2) is 30.3 Å². The standard InChI is InChI=1S/C18H27N3O2/c1-15(2)13-19-17(22)12-18(23)21-10-8-20(9-11-21)14-16-6-4-3-5-7-16/h3-7,15H,8-14H2,1-2H3,(H,19,22). The molecule has 2 amide bonds. The second-order valence-electron chi connectivity index (χ2n) is 6.52. The van der Waals surface area contributed by atoms with Gasteiger partial charge < -0.3 is 10.2 Å². The first-order valence-corrected chi connectivity index (χ1v) is 8.35. The monoisotopic (exact) mass is 317 g/mol. The number of carbonyl (C=O) groups is 2. The SMILES string of the molecule is CC(C)CNC(=O)CC(=O)N1CCN(Cc2ccccc2)CC1. The summed E-state index contributed by atoms with van der Waals surface area (Å²) >= 11 is 0. The summed E-state index contributed by atoms with van der Waals surface area (Å²) in [5.74, 6) is 0.164. The van der Waals surface area contributed by atoms with E-state index in [9.17, 15) is 9.59 Å². The highest BCUT2D eigenvalue weighted by atomic mass is 16.2. The number of hydrogen-bond donors (Lipinski definition) is 1. The van der Waals surface area contributed by atoms with Gasteiger partial charge in [-0.05, 0) is 11.5 Å². The van der Waals surface area contributed by atoms with Crippen molar-refractivity contribution < 1.29 is 9.59 Å². The van der Waals surface area contributed by atoms with E-state index in [-0.39, 0.29) is 18.2 Å². The van der Waals surface area contributed by atoms with E-state index in [1.807, 2.05) is 32.0 Å². The molecule has 0 aromatic heterocycles. The van der Waals surface area contributed by atoms with Gasteiger partial charge in [-0.1, -0.05) is 44.2 Å². The van der Waals surface area contributed by atoms with Crippen LogP contribution in [0.2, 0.25) is 0 Å². The molecule has 1 aromatic rings. The maximum atomic E-state index is 12.2. The van der Waals surface area contributed by atoms with Crippen LogP contribution in [0.4, 0.5) is 0 Å². The fourth-order valence-electron chi connectivity index (χ4n) is 2.63. The first kappa shape index (κ1) is 17.5. The first-order chi connectivity index (χ1) is 11.0. The predicted octanol–water partition coefficient (Wildman–Crippen LogP) is 1.49. The Morgan fingerprint density at radius 3 is 2.35 bits per heavy atom. The largest absolute Gasteiger partial charge is 0.355 e. The van der Waals surface area contributed by atoms with Gasteiger partial charge in [-0.15, -0.1) is 0 Å². The molecule has 0 atom stereocenters. The van der Waals surface area contributed by atoms with Gasteiger partial charge in [0.1, 0.15) is 6.42 Å². The molecule has 2 rings (SSSR count). The third-order valence-electron chi connectivity index (χ3n) is 3.99. The van der Waals surface area contributed by atoms with Crippen molar-refractivity contribution in [2.24, 2.45) is 5.92 Å². The molecular weight excluding hydrogens is 290 g/mol. The van der Waals surface area contributed by atoms with Crippen molar-refractivity contribution in [2.45, 2.75) is 26.8 Å². The van der Waals surface area contributed by atoms with Gasteiger partial charge in [0.05, 0.1) is 0 Å². The zero-order valence-electron chi connectivity index (χ0n) is 14.1. The smallest absolute Gasteiger partial charge is 0.232 e. The van der Waals surface area contributed by atoms with Crippen LogP contribution in [0.25, 0.3) is 0 Å². The number of piperazine rings is 1. The summed E-state index contributed by atoms with van der Waals surface area (Å²) in [6, 6.07) is 10.4. The Morgan fingerprint density at radius 2 is 1.74 bits per heavy atom. The summed E-state index contributed by atoms with van der Waals surface area (Å²) in [4.78, 5) is 28.0. The molecule has 1 aromatic carbocycles. The minimum absolute atomic E-state index is 0.0363. The van der Waals surface area contributed by atoms with Crippen LogP contribution >= 0.6 is 0 Å². The molecule has 1 aliphatic rings. The van der Waals surface area contributed by atoms with Gasteiger partial charge in [0.25, 0.3) is 0 Å². The van der Waals surface area contributed by atoms with Gasteiger partial charge in [-0.25, -0.2) is 0 Å². The summed E-state index contributed by atoms with van der Waals surface area (Å²) < 4.78 is 0. The maximum absolute atomic E-state index is 12.2. The lowest BCUT2D eigenvalue weighted by Crippen LogP contribution is -2.49. The lowest BCUT2D eigenvalue weighted by Gasteiger charge is -2.34. The Hall–Kier alpha value is -1.88. The third-order valence-corrected chi connectivity index (χ3v) is 3.99. The number of hydrogen-bond acceptors (Lipinski definition) is 3. The van der Waals surface area contributed by atoms with E-state index in [1.54, 1.807) is 4.90 Å². The van der Waals surface area contributed by atoms with Crippen molar-refractivity contribution in [2.75, 3.05) is 32.7 Å². The zero-order chi connectivity index (χ0) is 16.7. The zero-order valence-corrected chi connectivity index (χ0v) is 14.1. The molecule has 23 heavy (non-hydrogen) atoms. The minimum atomic E-state index is -0.171. The van der Waals surface area contributed by atoms with Gasteiger partial charge in [-0.2, -0.15) is 0 Å². The average molecular weight is 317 g/mol. The van der Waals surface area contributed by atoms with E-state index < -0.39 is 0 Å². The van der Waals surface area contributed by atoms with Gasteiger partial charge in [0, 0.05) is 39.3 Å². The van der Waals surface area contributed by atoms with E-state index in [2.05, 4.69) is 22.3 Å². The van der Waals surface area contributed by atoms with Crippen molar-refractivity contribution in [3.05, 3.63) is 35.9 Å². The number of nitrogens with zero attached hydrogens (tertiary/aromatic N) is 2. The summed E-state index contributed by atoms with van der Waals surface area (Å²) in [5, 5.41) is 2.80. The Balaban J connectivity index is 1.71. The molecule has 0 saturated carbocycles. The van der Waals surface area contributed by atoms with Crippen LogP contribution in [-0.4, -0.2) is 54.3 Å². The van der Waals surface area contributed by atoms with Gasteiger partial charge in [-0.3, -0.25) is 14.5 Å². The van der Waals surface area contributed by atoms with Crippen LogP contribution in [0.5, 0.6) is 0 Å². The quantitative estimate of drug-likeness (QED) is 0.809. The summed E-state index contributed by atoms with van der Waals surface area (Å²) in [5.41, 5.74) is 1.29. The van der Waals surface area contributed by atoms with Gasteiger partial charge in [0.2, 0.25) is 11.8 Å². The topological polar surface area (TPSA) is 52.7 Å². The fourth-order valence-corrected chi connectivity index (χ4v) is 2.63. The Labute approximate surface area is 138 Å². The minimum Gasteiger partial charge on any atom is -0.355 e. The molecule has 5 nitrogen and oxygen atoms in total. The van der Waals surface area contributed by atoms with Crippen LogP contribution in [0.3, 0.4) is 0 Å². The highest BCUT2D eigenvalue weighted by Gasteiger charge is 2.22. The molecule has 1 aliphatic heterocycles. The number of amides is 2. The summed E-state index contributed by atoms with van der Waals surface area (Å²) in [6.45, 7) is 8.71. The van der Waals surface area contributed by atoms with Crippen molar-refractivity contribution >= 4 is 11.8 Å². The highest BCUT2D eigenvalue weighted by molar-refractivity contribution is 5.96. The molecule has 0 aliphatic carbocycles. The Bertz CT molecular complexity index is 508. The van der Waals surface area contributed by atoms with Crippen molar-refractivity contribution in [1.29, 1.82) is 0 Å². The van der Waals surface area contributed by atoms with Crippen LogP contribution in [0.1, 0.15) is 25.8 Å². The van der Waals surface area contributed by atoms with Crippen LogP contribution < -0.4 is 5.32 Å². The molecule has 0 radical (unpaired) electrons. The highest BCUT2D eigenvalue weighted by Crippen LogP contribution is 2.09. The Morgan fingerprint density at radius 1 is 1.09 bits per heavy atom. The summed E-state index contributed by atoms with van der Waals surface area (Å²) in [6.07, 6.45) is -0.0363. The molecule has 1 saturated heterocycles. The fraction of sp³-hybridized carbons (Fsp3) is 0.556. The molecule has 5 heteroatoms. The lowest BCUT2D eigenvalue weighted by molar-refractivity contribution is -0.137. The molecule has 1 heterocycles. The van der Waals surface area contributed by atoms with Crippen LogP contribution in [-0.2, 0) is 16.1 Å². The van der Waals surface area contributed by atoms with E-state index in [0.29, 0.717) is 25.6 Å². The van der Waals surface area contributed by atoms with E-state index in [4.69, 9.17) is 0 Å². The second kappa shape index (κ2) is 8.67. The predicted molar refractivity (Wildman–Crippen MR) is 90.8 cm³/mol. The van der Waals surface area contributed by atoms with Crippen LogP contribution in [0, 0.1) is 5.92 Å². The number of carbonyl (C=O) groups excluding carboxylic acids is 2. The Kier molecular flexibility index (Phi) is 6.59. The van der Waals surface area contributed by atoms with Crippen molar-refractivity contribution in [3.8, 4) is 0 Å². The molecule has 126 valence electrons. The molecule has 0 spiro atoms. The lowest BCUT2D eigenvalue weighted by atomic mass is 10.2. The van der Waals surface area contributed by atoms with Crippen molar-refractivity contribution in [1.82, 2.24) is 15.1 Å². The maximum Gasteiger partial charge on any atom is 0.232 e. The second-order valence-corrected chi connectivity index (χ2v) is 6.52. The molecule has 1 N–H and O–H groups in total. The number of benzene rings is 1. The molecule has 0 bridgehead atoms. The van der Waals surface area contributed by atoms with Crippen molar-refractivity contribution in [3.63, 3.8) is 0 Å². The third kappa shape index (κ3) is 6.02. The molecular formula is C18H27N3O2. The average Bonchev–Trinajstić information content (AvgIpc) is 2.54. The summed E-state index contributed by atoms with van der Waals surface area (Å²) in [7, 11) is 0.